The largest absolute Gasteiger partial charge is 0.389 e. The SMILES string of the molecule is OC1(Cc2cc(-c3ccccc3)no2)CCN(c2ncnc3ncccc23)CC1. The van der Waals surface area contributed by atoms with Gasteiger partial charge < -0.3 is 14.5 Å². The van der Waals surface area contributed by atoms with Gasteiger partial charge in [-0.1, -0.05) is 35.5 Å². The minimum Gasteiger partial charge on any atom is -0.389 e. The molecule has 1 N–H and O–H groups in total. The van der Waals surface area contributed by atoms with Gasteiger partial charge in [0.05, 0.1) is 11.0 Å². The number of nitrogens with zero attached hydrogens (tertiary/aromatic N) is 5. The molecule has 1 aliphatic rings. The maximum Gasteiger partial charge on any atom is 0.164 e. The summed E-state index contributed by atoms with van der Waals surface area (Å²) >= 11 is 0. The van der Waals surface area contributed by atoms with E-state index in [1.807, 2.05) is 48.5 Å². The first-order valence-electron chi connectivity index (χ1n) is 9.74. The summed E-state index contributed by atoms with van der Waals surface area (Å²) in [6, 6.07) is 15.7. The van der Waals surface area contributed by atoms with Crippen molar-refractivity contribution in [3.05, 3.63) is 66.8 Å². The monoisotopic (exact) mass is 387 g/mol. The van der Waals surface area contributed by atoms with E-state index in [4.69, 9.17) is 4.52 Å². The average Bonchev–Trinajstić information content (AvgIpc) is 3.22. The predicted octanol–water partition coefficient (Wildman–Crippen LogP) is 3.25. The Morgan fingerprint density at radius 2 is 1.83 bits per heavy atom. The van der Waals surface area contributed by atoms with Crippen LogP contribution >= 0.6 is 0 Å². The lowest BCUT2D eigenvalue weighted by atomic mass is 9.87. The molecule has 7 nitrogen and oxygen atoms in total. The molecule has 7 heteroatoms. The van der Waals surface area contributed by atoms with Gasteiger partial charge in [0, 0.05) is 37.3 Å². The summed E-state index contributed by atoms with van der Waals surface area (Å²) in [6.45, 7) is 1.41. The van der Waals surface area contributed by atoms with Crippen molar-refractivity contribution in [3.8, 4) is 11.3 Å². The molecule has 1 aromatic carbocycles. The van der Waals surface area contributed by atoms with Crippen LogP contribution in [0.2, 0.25) is 0 Å². The third-order valence-corrected chi connectivity index (χ3v) is 5.51. The molecule has 0 atom stereocenters. The summed E-state index contributed by atoms with van der Waals surface area (Å²) in [5.41, 5.74) is 1.68. The fourth-order valence-electron chi connectivity index (χ4n) is 3.91. The molecule has 1 aliphatic heterocycles. The van der Waals surface area contributed by atoms with Crippen LogP contribution in [0.25, 0.3) is 22.3 Å². The topological polar surface area (TPSA) is 88.2 Å². The van der Waals surface area contributed by atoms with Crippen molar-refractivity contribution >= 4 is 16.9 Å². The van der Waals surface area contributed by atoms with E-state index in [1.165, 1.54) is 0 Å². The number of aliphatic hydroxyl groups is 1. The fourth-order valence-corrected chi connectivity index (χ4v) is 3.91. The molecule has 1 fully saturated rings. The third-order valence-electron chi connectivity index (χ3n) is 5.51. The molecule has 29 heavy (non-hydrogen) atoms. The van der Waals surface area contributed by atoms with Gasteiger partial charge in [-0.3, -0.25) is 0 Å². The van der Waals surface area contributed by atoms with Crippen LogP contribution in [0.1, 0.15) is 18.6 Å². The van der Waals surface area contributed by atoms with E-state index in [9.17, 15) is 5.11 Å². The van der Waals surface area contributed by atoms with Crippen LogP contribution in [0.3, 0.4) is 0 Å². The third kappa shape index (κ3) is 3.56. The van der Waals surface area contributed by atoms with E-state index in [0.717, 1.165) is 22.5 Å². The number of benzene rings is 1. The highest BCUT2D eigenvalue weighted by atomic mass is 16.5. The number of piperidine rings is 1. The van der Waals surface area contributed by atoms with E-state index in [1.54, 1.807) is 12.5 Å². The molecule has 5 rings (SSSR count). The summed E-state index contributed by atoms with van der Waals surface area (Å²) in [5, 5.41) is 16.2. The van der Waals surface area contributed by atoms with Crippen molar-refractivity contribution in [2.75, 3.05) is 18.0 Å². The Morgan fingerprint density at radius 3 is 2.66 bits per heavy atom. The quantitative estimate of drug-likeness (QED) is 0.575. The fraction of sp³-hybridized carbons (Fsp3) is 0.273. The molecule has 146 valence electrons. The molecule has 0 radical (unpaired) electrons. The lowest BCUT2D eigenvalue weighted by molar-refractivity contribution is 0.0109. The van der Waals surface area contributed by atoms with Gasteiger partial charge in [0.1, 0.15) is 23.6 Å². The maximum absolute atomic E-state index is 11.1. The zero-order valence-corrected chi connectivity index (χ0v) is 15.9. The highest BCUT2D eigenvalue weighted by Gasteiger charge is 2.34. The molecule has 0 aliphatic carbocycles. The number of hydrogen-bond acceptors (Lipinski definition) is 7. The predicted molar refractivity (Wildman–Crippen MR) is 109 cm³/mol. The molecule has 4 heterocycles. The molecule has 0 bridgehead atoms. The van der Waals surface area contributed by atoms with Gasteiger partial charge in [0.15, 0.2) is 5.65 Å². The number of anilines is 1. The average molecular weight is 387 g/mol. The van der Waals surface area contributed by atoms with Crippen LogP contribution in [-0.4, -0.2) is 43.9 Å². The van der Waals surface area contributed by atoms with E-state index in [2.05, 4.69) is 25.0 Å². The first-order chi connectivity index (χ1) is 14.2. The summed E-state index contributed by atoms with van der Waals surface area (Å²) in [6.07, 6.45) is 4.98. The molecule has 0 saturated carbocycles. The van der Waals surface area contributed by atoms with Crippen LogP contribution in [0, 0.1) is 0 Å². The van der Waals surface area contributed by atoms with Gasteiger partial charge in [-0.25, -0.2) is 15.0 Å². The minimum absolute atomic E-state index is 0.451. The number of hydrogen-bond donors (Lipinski definition) is 1. The van der Waals surface area contributed by atoms with Gasteiger partial charge >= 0.3 is 0 Å². The lowest BCUT2D eigenvalue weighted by Crippen LogP contribution is -2.46. The van der Waals surface area contributed by atoms with Crippen molar-refractivity contribution in [2.24, 2.45) is 0 Å². The van der Waals surface area contributed by atoms with Crippen molar-refractivity contribution < 1.29 is 9.63 Å². The zero-order chi connectivity index (χ0) is 19.7. The molecule has 4 aromatic rings. The van der Waals surface area contributed by atoms with Crippen LogP contribution in [0.5, 0.6) is 0 Å². The van der Waals surface area contributed by atoms with Crippen LogP contribution in [-0.2, 0) is 6.42 Å². The molecule has 0 amide bonds. The molecule has 1 saturated heterocycles. The smallest absolute Gasteiger partial charge is 0.164 e. The zero-order valence-electron chi connectivity index (χ0n) is 15.9. The van der Waals surface area contributed by atoms with Gasteiger partial charge in [0.2, 0.25) is 0 Å². The number of rotatable bonds is 4. The summed E-state index contributed by atoms with van der Waals surface area (Å²) < 4.78 is 5.50. The molecular weight excluding hydrogens is 366 g/mol. The van der Waals surface area contributed by atoms with E-state index in [0.29, 0.717) is 43.8 Å². The van der Waals surface area contributed by atoms with Crippen LogP contribution in [0.15, 0.2) is 65.6 Å². The Balaban J connectivity index is 1.29. The van der Waals surface area contributed by atoms with E-state index >= 15 is 0 Å². The summed E-state index contributed by atoms with van der Waals surface area (Å²) in [5.74, 6) is 1.58. The molecular formula is C22H21N5O2. The molecule has 3 aromatic heterocycles. The van der Waals surface area contributed by atoms with Crippen LogP contribution < -0.4 is 4.90 Å². The number of fused-ring (bicyclic) bond motifs is 1. The Kier molecular flexibility index (Phi) is 4.44. The summed E-state index contributed by atoms with van der Waals surface area (Å²) in [4.78, 5) is 15.2. The van der Waals surface area contributed by atoms with Gasteiger partial charge in [-0.05, 0) is 25.0 Å². The van der Waals surface area contributed by atoms with E-state index < -0.39 is 5.60 Å². The first-order valence-corrected chi connectivity index (χ1v) is 9.74. The van der Waals surface area contributed by atoms with Gasteiger partial charge in [0.25, 0.3) is 0 Å². The van der Waals surface area contributed by atoms with Crippen molar-refractivity contribution in [1.82, 2.24) is 20.1 Å². The van der Waals surface area contributed by atoms with Crippen molar-refractivity contribution in [1.29, 1.82) is 0 Å². The second-order valence-electron chi connectivity index (χ2n) is 7.50. The summed E-state index contributed by atoms with van der Waals surface area (Å²) in [7, 11) is 0. The normalized spacial score (nSPS) is 16.2. The maximum atomic E-state index is 11.1. The Labute approximate surface area is 168 Å². The van der Waals surface area contributed by atoms with Crippen LogP contribution in [0.4, 0.5) is 5.82 Å². The second-order valence-corrected chi connectivity index (χ2v) is 7.50. The molecule has 0 unspecified atom stereocenters. The standard InChI is InChI=1S/C22H21N5O2/c28-22(14-17-13-19(26-29-17)16-5-2-1-3-6-16)8-11-27(12-9-22)21-18-7-4-10-23-20(18)24-15-25-21/h1-7,10,13,15,28H,8-9,11-12,14H2. The Morgan fingerprint density at radius 1 is 1.00 bits per heavy atom. The van der Waals surface area contributed by atoms with Crippen molar-refractivity contribution in [2.45, 2.75) is 24.9 Å². The van der Waals surface area contributed by atoms with Gasteiger partial charge in [-0.2, -0.15) is 0 Å². The second kappa shape index (κ2) is 7.25. The highest BCUT2D eigenvalue weighted by molar-refractivity contribution is 5.86. The highest BCUT2D eigenvalue weighted by Crippen LogP contribution is 2.31. The number of pyridine rings is 1. The Bertz CT molecular complexity index is 1110. The minimum atomic E-state index is -0.814. The number of aromatic nitrogens is 4. The van der Waals surface area contributed by atoms with Crippen molar-refractivity contribution in [3.63, 3.8) is 0 Å². The van der Waals surface area contributed by atoms with E-state index in [-0.39, 0.29) is 0 Å². The van der Waals surface area contributed by atoms with Gasteiger partial charge in [-0.15, -0.1) is 0 Å². The first kappa shape index (κ1) is 17.8. The molecule has 0 spiro atoms. The Hall–Kier alpha value is -3.32. The lowest BCUT2D eigenvalue weighted by Gasteiger charge is -2.38.